The van der Waals surface area contributed by atoms with Gasteiger partial charge in [0.1, 0.15) is 15.0 Å². The Balaban J connectivity index is 1.58. The number of carbonyl (C=O) groups excluding carboxylic acids is 1. The van der Waals surface area contributed by atoms with E-state index in [0.29, 0.717) is 30.5 Å². The number of hydrogen-bond donors (Lipinski definition) is 0. The van der Waals surface area contributed by atoms with Crippen molar-refractivity contribution in [3.05, 3.63) is 110 Å². The Morgan fingerprint density at radius 1 is 1.06 bits per heavy atom. The van der Waals surface area contributed by atoms with Gasteiger partial charge in [-0.15, -0.1) is 0 Å². The van der Waals surface area contributed by atoms with E-state index in [-0.39, 0.29) is 18.0 Å². The molecule has 0 N–H and O–H groups in total. The van der Waals surface area contributed by atoms with E-state index in [1.54, 1.807) is 18.3 Å². The first-order valence-corrected chi connectivity index (χ1v) is 13.1. The quantitative estimate of drug-likeness (QED) is 0.172. The molecule has 5 rings (SSSR count). The minimum absolute atomic E-state index is 0.242. The van der Waals surface area contributed by atoms with Crippen LogP contribution in [-0.4, -0.2) is 24.5 Å². The molecule has 1 aliphatic rings. The lowest BCUT2D eigenvalue weighted by atomic mass is 10.2. The van der Waals surface area contributed by atoms with Crippen molar-refractivity contribution in [2.45, 2.75) is 23.4 Å². The summed E-state index contributed by atoms with van der Waals surface area (Å²) in [5.41, 5.74) is 2.38. The molecular weight excluding hydrogens is 518 g/mol. The van der Waals surface area contributed by atoms with Gasteiger partial charge >= 0.3 is 0 Å². The third-order valence-corrected chi connectivity index (χ3v) is 8.12. The summed E-state index contributed by atoms with van der Waals surface area (Å²) in [5.74, 6) is -0.260. The number of rotatable bonds is 5. The molecule has 1 amide bonds. The van der Waals surface area contributed by atoms with E-state index in [2.05, 4.69) is 0 Å². The Morgan fingerprint density at radius 3 is 2.57 bits per heavy atom. The van der Waals surface area contributed by atoms with Gasteiger partial charge in [0.15, 0.2) is 0 Å². The van der Waals surface area contributed by atoms with Crippen molar-refractivity contribution in [2.75, 3.05) is 0 Å². The molecule has 1 aliphatic heterocycles. The van der Waals surface area contributed by atoms with Crippen LogP contribution in [0.25, 0.3) is 11.7 Å². The van der Waals surface area contributed by atoms with Crippen LogP contribution in [0.2, 0.25) is 5.02 Å². The molecule has 0 radical (unpaired) electrons. The van der Waals surface area contributed by atoms with Gasteiger partial charge in [-0.3, -0.25) is 18.9 Å². The van der Waals surface area contributed by atoms with Crippen LogP contribution in [0.4, 0.5) is 0 Å². The number of aryl methyl sites for hydroxylation is 1. The molecule has 0 atom stereocenters. The molecule has 174 valence electrons. The molecule has 2 aromatic carbocycles. The van der Waals surface area contributed by atoms with Gasteiger partial charge in [0.05, 0.1) is 17.0 Å². The van der Waals surface area contributed by atoms with Crippen LogP contribution >= 0.6 is 47.3 Å². The average Bonchev–Trinajstić information content (AvgIpc) is 3.11. The van der Waals surface area contributed by atoms with Crippen molar-refractivity contribution in [1.29, 1.82) is 0 Å². The summed E-state index contributed by atoms with van der Waals surface area (Å²) >= 11 is 14.4. The zero-order chi connectivity index (χ0) is 24.5. The Bertz CT molecular complexity index is 1570. The first-order chi connectivity index (χ1) is 16.9. The molecule has 9 heteroatoms. The van der Waals surface area contributed by atoms with Crippen LogP contribution in [0.15, 0.2) is 92.5 Å². The number of fused-ring (bicyclic) bond motifs is 1. The number of halogens is 1. The number of pyridine rings is 1. The maximum Gasteiger partial charge on any atom is 0.266 e. The third kappa shape index (κ3) is 4.92. The first-order valence-electron chi connectivity index (χ1n) is 10.7. The van der Waals surface area contributed by atoms with Crippen molar-refractivity contribution in [3.8, 4) is 0 Å². The average molecular weight is 536 g/mol. The Kier molecular flexibility index (Phi) is 6.80. The molecule has 0 spiro atoms. The van der Waals surface area contributed by atoms with Gasteiger partial charge in [0, 0.05) is 16.1 Å². The summed E-state index contributed by atoms with van der Waals surface area (Å²) in [5, 5.41) is 1.10. The van der Waals surface area contributed by atoms with E-state index in [0.717, 1.165) is 16.0 Å². The lowest BCUT2D eigenvalue weighted by Crippen LogP contribution is -2.27. The molecule has 0 unspecified atom stereocenters. The van der Waals surface area contributed by atoms with Gasteiger partial charge in [-0.1, -0.05) is 89.8 Å². The normalized spacial score (nSPS) is 14.9. The van der Waals surface area contributed by atoms with Crippen LogP contribution in [-0.2, 0) is 11.3 Å². The smallest absolute Gasteiger partial charge is 0.266 e. The topological polar surface area (TPSA) is 54.7 Å². The van der Waals surface area contributed by atoms with E-state index in [4.69, 9.17) is 28.8 Å². The second kappa shape index (κ2) is 9.99. The number of carbonyl (C=O) groups is 1. The number of thiocarbonyl (C=S) groups is 1. The lowest BCUT2D eigenvalue weighted by Gasteiger charge is -2.15. The zero-order valence-corrected chi connectivity index (χ0v) is 21.7. The van der Waals surface area contributed by atoms with Crippen LogP contribution in [0.3, 0.4) is 0 Å². The van der Waals surface area contributed by atoms with Crippen LogP contribution < -0.4 is 5.56 Å². The summed E-state index contributed by atoms with van der Waals surface area (Å²) in [6.45, 7) is 2.18. The van der Waals surface area contributed by atoms with Crippen LogP contribution in [0.5, 0.6) is 0 Å². The highest BCUT2D eigenvalue weighted by Crippen LogP contribution is 2.36. The fourth-order valence-electron chi connectivity index (χ4n) is 3.60. The summed E-state index contributed by atoms with van der Waals surface area (Å²) in [6.07, 6.45) is 3.36. The number of thioether (sulfide) groups is 1. The number of amides is 1. The van der Waals surface area contributed by atoms with Gasteiger partial charge in [0.2, 0.25) is 0 Å². The standard InChI is InChI=1S/C26H18ClN3O2S3/c1-16-11-12-22-28-23(34-18-8-3-2-4-9-18)19(24(31)29(22)14-16)13-21-25(32)30(26(33)35-21)15-17-7-5-6-10-20(17)27/h2-14H,15H2,1H3/b21-13+. The van der Waals surface area contributed by atoms with Crippen LogP contribution in [0, 0.1) is 6.92 Å². The number of aromatic nitrogens is 2. The molecule has 4 aromatic rings. The summed E-state index contributed by atoms with van der Waals surface area (Å²) in [6, 6.07) is 20.8. The van der Waals surface area contributed by atoms with Crippen molar-refractivity contribution >= 4 is 69.3 Å². The molecule has 2 aromatic heterocycles. The Labute approximate surface area is 220 Å². The molecule has 35 heavy (non-hydrogen) atoms. The first kappa shape index (κ1) is 23.8. The molecule has 1 saturated heterocycles. The number of benzene rings is 2. The van der Waals surface area contributed by atoms with Gasteiger partial charge in [0.25, 0.3) is 11.5 Å². The highest BCUT2D eigenvalue weighted by molar-refractivity contribution is 8.26. The van der Waals surface area contributed by atoms with Crippen molar-refractivity contribution in [2.24, 2.45) is 0 Å². The van der Waals surface area contributed by atoms with E-state index in [1.807, 2.05) is 67.6 Å². The van der Waals surface area contributed by atoms with Gasteiger partial charge in [-0.2, -0.15) is 0 Å². The summed E-state index contributed by atoms with van der Waals surface area (Å²) in [4.78, 5) is 34.5. The molecule has 1 fully saturated rings. The maximum atomic E-state index is 13.6. The largest absolute Gasteiger partial charge is 0.288 e. The Morgan fingerprint density at radius 2 is 1.80 bits per heavy atom. The SMILES string of the molecule is Cc1ccc2nc(Sc3ccccc3)c(/C=C3/SC(=S)N(Cc4ccccc4Cl)C3=O)c(=O)n2c1. The summed E-state index contributed by atoms with van der Waals surface area (Å²) < 4.78 is 1.93. The fraction of sp³-hybridized carbons (Fsp3) is 0.0769. The van der Waals surface area contributed by atoms with Crippen molar-refractivity contribution < 1.29 is 4.79 Å². The molecule has 3 heterocycles. The van der Waals surface area contributed by atoms with E-state index < -0.39 is 0 Å². The van der Waals surface area contributed by atoms with Crippen molar-refractivity contribution in [1.82, 2.24) is 14.3 Å². The second-order valence-electron chi connectivity index (χ2n) is 7.84. The minimum Gasteiger partial charge on any atom is -0.288 e. The number of hydrogen-bond acceptors (Lipinski definition) is 6. The highest BCUT2D eigenvalue weighted by atomic mass is 35.5. The fourth-order valence-corrected chi connectivity index (χ4v) is 5.95. The van der Waals surface area contributed by atoms with E-state index >= 15 is 0 Å². The molecule has 0 aliphatic carbocycles. The highest BCUT2D eigenvalue weighted by Gasteiger charge is 2.33. The molecule has 0 saturated carbocycles. The van der Waals surface area contributed by atoms with Gasteiger partial charge < -0.3 is 0 Å². The predicted molar refractivity (Wildman–Crippen MR) is 147 cm³/mol. The minimum atomic E-state index is -0.260. The monoisotopic (exact) mass is 535 g/mol. The summed E-state index contributed by atoms with van der Waals surface area (Å²) in [7, 11) is 0. The number of nitrogens with zero attached hydrogens (tertiary/aromatic N) is 3. The molecule has 5 nitrogen and oxygen atoms in total. The second-order valence-corrected chi connectivity index (χ2v) is 11.0. The van der Waals surface area contributed by atoms with Gasteiger partial charge in [-0.25, -0.2) is 4.98 Å². The third-order valence-electron chi connectivity index (χ3n) is 5.36. The lowest BCUT2D eigenvalue weighted by molar-refractivity contribution is -0.122. The van der Waals surface area contributed by atoms with Crippen molar-refractivity contribution in [3.63, 3.8) is 0 Å². The van der Waals surface area contributed by atoms with Gasteiger partial charge in [-0.05, 0) is 48.4 Å². The van der Waals surface area contributed by atoms with E-state index in [9.17, 15) is 9.59 Å². The molecule has 0 bridgehead atoms. The molecular formula is C26H18ClN3O2S3. The maximum absolute atomic E-state index is 13.6. The van der Waals surface area contributed by atoms with Crippen LogP contribution in [0.1, 0.15) is 16.7 Å². The Hall–Kier alpha value is -2.91. The zero-order valence-electron chi connectivity index (χ0n) is 18.5. The van der Waals surface area contributed by atoms with E-state index in [1.165, 1.54) is 32.8 Å². The predicted octanol–water partition coefficient (Wildman–Crippen LogP) is 6.21.